The number of benzene rings is 1. The number of rotatable bonds is 1. The lowest BCUT2D eigenvalue weighted by Gasteiger charge is -2.11. The van der Waals surface area contributed by atoms with E-state index >= 15 is 0 Å². The van der Waals surface area contributed by atoms with E-state index in [-0.39, 0.29) is 16.4 Å². The third-order valence-corrected chi connectivity index (χ3v) is 1.68. The highest BCUT2D eigenvalue weighted by Crippen LogP contribution is 2.33. The third kappa shape index (κ3) is 2.59. The highest BCUT2D eigenvalue weighted by Gasteiger charge is 2.31. The fraction of sp³-hybridized carbons (Fsp3) is 0.143. The first-order valence-corrected chi connectivity index (χ1v) is 3.77. The van der Waals surface area contributed by atoms with Gasteiger partial charge >= 0.3 is 6.36 Å². The summed E-state index contributed by atoms with van der Waals surface area (Å²) in [7, 11) is 0. The summed E-state index contributed by atoms with van der Waals surface area (Å²) in [5.74, 6) is -0.491. The summed E-state index contributed by atoms with van der Waals surface area (Å²) in [6.45, 7) is 0. The summed E-state index contributed by atoms with van der Waals surface area (Å²) in [6, 6.07) is 1.90. The van der Waals surface area contributed by atoms with Crippen LogP contribution in [0.1, 0.15) is 0 Å². The maximum Gasteiger partial charge on any atom is 0.573 e. The van der Waals surface area contributed by atoms with Crippen LogP contribution in [0.5, 0.6) is 5.75 Å². The predicted octanol–water partition coefficient (Wildman–Crippen LogP) is 2.40. The molecule has 0 aliphatic heterocycles. The number of nitrogens with two attached hydrogens (primary N) is 2. The molecule has 7 heteroatoms. The Balaban J connectivity index is 3.02. The zero-order valence-corrected chi connectivity index (χ0v) is 7.49. The highest BCUT2D eigenvalue weighted by atomic mass is 35.5. The zero-order chi connectivity index (χ0) is 10.9. The number of nitrogen functional groups attached to an aromatic ring is 2. The van der Waals surface area contributed by atoms with Crippen molar-refractivity contribution in [1.82, 2.24) is 0 Å². The molecule has 1 aromatic rings. The van der Waals surface area contributed by atoms with Gasteiger partial charge < -0.3 is 16.2 Å². The van der Waals surface area contributed by atoms with Gasteiger partial charge in [-0.2, -0.15) is 0 Å². The quantitative estimate of drug-likeness (QED) is 0.723. The molecule has 4 N–H and O–H groups in total. The molecular weight excluding hydrogens is 221 g/mol. The van der Waals surface area contributed by atoms with E-state index in [9.17, 15) is 13.2 Å². The Hall–Kier alpha value is -1.30. The first-order chi connectivity index (χ1) is 6.29. The monoisotopic (exact) mass is 226 g/mol. The van der Waals surface area contributed by atoms with Crippen LogP contribution in [0.15, 0.2) is 12.1 Å². The van der Waals surface area contributed by atoms with E-state index in [1.54, 1.807) is 0 Å². The van der Waals surface area contributed by atoms with Crippen LogP contribution in [0.4, 0.5) is 24.5 Å². The summed E-state index contributed by atoms with van der Waals surface area (Å²) >= 11 is 5.50. The minimum atomic E-state index is -4.77. The first kappa shape index (κ1) is 10.8. The smallest absolute Gasteiger partial charge is 0.406 e. The lowest BCUT2D eigenvalue weighted by molar-refractivity contribution is -0.274. The van der Waals surface area contributed by atoms with Gasteiger partial charge in [0, 0.05) is 12.1 Å². The number of anilines is 2. The van der Waals surface area contributed by atoms with Crippen LogP contribution in [-0.4, -0.2) is 6.36 Å². The molecule has 0 aliphatic rings. The molecule has 0 fully saturated rings. The summed E-state index contributed by atoms with van der Waals surface area (Å²) in [5, 5.41) is -0.0794. The van der Waals surface area contributed by atoms with Gasteiger partial charge in [0.25, 0.3) is 0 Å². The van der Waals surface area contributed by atoms with Crippen LogP contribution in [0, 0.1) is 0 Å². The molecule has 0 saturated carbocycles. The van der Waals surface area contributed by atoms with Crippen LogP contribution >= 0.6 is 11.6 Å². The van der Waals surface area contributed by atoms with Crippen molar-refractivity contribution in [3.05, 3.63) is 17.2 Å². The molecule has 0 radical (unpaired) electrons. The van der Waals surface area contributed by atoms with E-state index in [1.807, 2.05) is 0 Å². The number of ether oxygens (including phenoxy) is 1. The van der Waals surface area contributed by atoms with Crippen molar-refractivity contribution in [3.63, 3.8) is 0 Å². The second kappa shape index (κ2) is 3.45. The van der Waals surface area contributed by atoms with E-state index in [0.29, 0.717) is 0 Å². The Kier molecular flexibility index (Phi) is 2.66. The van der Waals surface area contributed by atoms with Crippen LogP contribution in [0.3, 0.4) is 0 Å². The van der Waals surface area contributed by atoms with Crippen molar-refractivity contribution in [2.45, 2.75) is 6.36 Å². The lowest BCUT2D eigenvalue weighted by Crippen LogP contribution is -2.17. The van der Waals surface area contributed by atoms with Crippen LogP contribution in [0.25, 0.3) is 0 Å². The minimum Gasteiger partial charge on any atom is -0.406 e. The number of hydrogen-bond donors (Lipinski definition) is 2. The minimum absolute atomic E-state index is 0.0289. The molecule has 0 amide bonds. The zero-order valence-electron chi connectivity index (χ0n) is 6.73. The second-order valence-electron chi connectivity index (χ2n) is 2.46. The van der Waals surface area contributed by atoms with Gasteiger partial charge in [0.15, 0.2) is 0 Å². The normalized spacial score (nSPS) is 11.4. The molecule has 78 valence electrons. The van der Waals surface area contributed by atoms with Gasteiger partial charge in [-0.3, -0.25) is 0 Å². The standard InChI is InChI=1S/C7H6ClF3N2O/c8-4-1-3(14-7(9,10)11)2-5(12)6(4)13/h1-2H,12-13H2. The lowest BCUT2D eigenvalue weighted by atomic mass is 10.2. The fourth-order valence-corrected chi connectivity index (χ4v) is 1.02. The SMILES string of the molecule is Nc1cc(OC(F)(F)F)cc(Cl)c1N. The summed E-state index contributed by atoms with van der Waals surface area (Å²) in [4.78, 5) is 0. The molecule has 0 aromatic heterocycles. The average molecular weight is 227 g/mol. The Labute approximate surface area is 82.4 Å². The van der Waals surface area contributed by atoms with E-state index in [0.717, 1.165) is 12.1 Å². The molecule has 0 heterocycles. The van der Waals surface area contributed by atoms with Crippen molar-refractivity contribution in [1.29, 1.82) is 0 Å². The Morgan fingerprint density at radius 1 is 1.21 bits per heavy atom. The number of hydrogen-bond acceptors (Lipinski definition) is 3. The summed E-state index contributed by atoms with van der Waals surface area (Å²) in [5.41, 5.74) is 10.6. The van der Waals surface area contributed by atoms with Crippen LogP contribution < -0.4 is 16.2 Å². The van der Waals surface area contributed by atoms with E-state index in [2.05, 4.69) is 4.74 Å². The molecule has 1 aromatic carbocycles. The van der Waals surface area contributed by atoms with Crippen molar-refractivity contribution in [3.8, 4) is 5.75 Å². The second-order valence-corrected chi connectivity index (χ2v) is 2.86. The molecule has 0 atom stereocenters. The molecule has 0 bridgehead atoms. The maximum absolute atomic E-state index is 11.8. The van der Waals surface area contributed by atoms with Gasteiger partial charge in [0.05, 0.1) is 16.4 Å². The van der Waals surface area contributed by atoms with Crippen molar-refractivity contribution in [2.24, 2.45) is 0 Å². The van der Waals surface area contributed by atoms with Gasteiger partial charge in [-0.05, 0) is 0 Å². The molecule has 0 unspecified atom stereocenters. The third-order valence-electron chi connectivity index (χ3n) is 1.37. The van der Waals surface area contributed by atoms with Gasteiger partial charge in [0.1, 0.15) is 5.75 Å². The topological polar surface area (TPSA) is 61.3 Å². The molecular formula is C7H6ClF3N2O. The largest absolute Gasteiger partial charge is 0.573 e. The van der Waals surface area contributed by atoms with Crippen LogP contribution in [0.2, 0.25) is 5.02 Å². The van der Waals surface area contributed by atoms with Crippen molar-refractivity contribution < 1.29 is 17.9 Å². The van der Waals surface area contributed by atoms with E-state index in [1.165, 1.54) is 0 Å². The summed E-state index contributed by atoms with van der Waals surface area (Å²) in [6.07, 6.45) is -4.77. The molecule has 0 aliphatic carbocycles. The van der Waals surface area contributed by atoms with Crippen LogP contribution in [-0.2, 0) is 0 Å². The number of alkyl halides is 3. The van der Waals surface area contributed by atoms with Crippen molar-refractivity contribution >= 4 is 23.0 Å². The summed E-state index contributed by atoms with van der Waals surface area (Å²) < 4.78 is 38.9. The number of halogens is 4. The van der Waals surface area contributed by atoms with Gasteiger partial charge in [0.2, 0.25) is 0 Å². The molecule has 3 nitrogen and oxygen atoms in total. The molecule has 0 spiro atoms. The maximum atomic E-state index is 11.8. The molecule has 1 rings (SSSR count). The molecule has 14 heavy (non-hydrogen) atoms. The van der Waals surface area contributed by atoms with Gasteiger partial charge in [-0.1, -0.05) is 11.6 Å². The Morgan fingerprint density at radius 2 is 1.79 bits per heavy atom. The van der Waals surface area contributed by atoms with Gasteiger partial charge in [-0.15, -0.1) is 13.2 Å². The first-order valence-electron chi connectivity index (χ1n) is 3.40. The fourth-order valence-electron chi connectivity index (χ4n) is 0.806. The predicted molar refractivity (Wildman–Crippen MR) is 47.0 cm³/mol. The Morgan fingerprint density at radius 3 is 2.21 bits per heavy atom. The van der Waals surface area contributed by atoms with Gasteiger partial charge in [-0.25, -0.2) is 0 Å². The van der Waals surface area contributed by atoms with Crippen molar-refractivity contribution in [2.75, 3.05) is 11.5 Å². The van der Waals surface area contributed by atoms with E-state index in [4.69, 9.17) is 23.1 Å². The highest BCUT2D eigenvalue weighted by molar-refractivity contribution is 6.33. The van der Waals surface area contributed by atoms with E-state index < -0.39 is 12.1 Å². The average Bonchev–Trinajstić information content (AvgIpc) is 1.96. The Bertz CT molecular complexity index is 330. The molecule has 0 saturated heterocycles.